The van der Waals surface area contributed by atoms with Crippen LogP contribution in [0.15, 0.2) is 10.4 Å². The molecule has 8 heteroatoms. The van der Waals surface area contributed by atoms with E-state index in [4.69, 9.17) is 19.5 Å². The highest BCUT2D eigenvalue weighted by Gasteiger charge is 2.22. The summed E-state index contributed by atoms with van der Waals surface area (Å²) in [4.78, 5) is 11.9. The summed E-state index contributed by atoms with van der Waals surface area (Å²) in [6.45, 7) is 13.7. The van der Waals surface area contributed by atoms with E-state index < -0.39 is 0 Å². The van der Waals surface area contributed by atoms with Crippen molar-refractivity contribution < 1.29 is 9.47 Å². The molecular weight excluding hydrogens is 487 g/mol. The first-order valence-electron chi connectivity index (χ1n) is 10.0. The lowest BCUT2D eigenvalue weighted by atomic mass is 9.93. The Balaban J connectivity index is 0.00000392. The molecule has 162 valence electrons. The Morgan fingerprint density at radius 3 is 2.61 bits per heavy atom. The molecule has 0 spiro atoms. The Morgan fingerprint density at radius 1 is 1.32 bits per heavy atom. The molecule has 1 aliphatic rings. The average Bonchev–Trinajstić information content (AvgIpc) is 3.12. The van der Waals surface area contributed by atoms with E-state index in [0.717, 1.165) is 68.8 Å². The summed E-state index contributed by atoms with van der Waals surface area (Å²) in [7, 11) is 1.73. The maximum absolute atomic E-state index is 5.96. The lowest BCUT2D eigenvalue weighted by molar-refractivity contribution is 0.00990. The van der Waals surface area contributed by atoms with Gasteiger partial charge in [-0.3, -0.25) is 0 Å². The molecule has 0 radical (unpaired) electrons. The van der Waals surface area contributed by atoms with Gasteiger partial charge in [0.15, 0.2) is 5.96 Å². The van der Waals surface area contributed by atoms with Gasteiger partial charge in [-0.2, -0.15) is 0 Å². The first-order chi connectivity index (χ1) is 12.9. The highest BCUT2D eigenvalue weighted by molar-refractivity contribution is 14.0. The molecule has 1 fully saturated rings. The Hall–Kier alpha value is -0.450. The second-order valence-corrected chi connectivity index (χ2v) is 8.89. The van der Waals surface area contributed by atoms with Crippen molar-refractivity contribution in [1.29, 1.82) is 0 Å². The molecule has 0 bridgehead atoms. The molecule has 28 heavy (non-hydrogen) atoms. The largest absolute Gasteiger partial charge is 0.385 e. The van der Waals surface area contributed by atoms with Crippen LogP contribution >= 0.6 is 35.3 Å². The summed E-state index contributed by atoms with van der Waals surface area (Å²) in [5.41, 5.74) is 1.24. The number of aliphatic imine (C=N–C) groups is 1. The molecule has 0 unspecified atom stereocenters. The molecule has 1 N–H and O–H groups in total. The van der Waals surface area contributed by atoms with E-state index >= 15 is 0 Å². The zero-order chi connectivity index (χ0) is 19.7. The van der Waals surface area contributed by atoms with E-state index in [1.807, 2.05) is 0 Å². The summed E-state index contributed by atoms with van der Waals surface area (Å²) in [6.07, 6.45) is 3.41. The van der Waals surface area contributed by atoms with E-state index in [9.17, 15) is 0 Å². The van der Waals surface area contributed by atoms with Crippen LogP contribution in [0.2, 0.25) is 0 Å². The summed E-state index contributed by atoms with van der Waals surface area (Å²) < 4.78 is 11.0. The standard InChI is InChI=1S/C20H36N4O2S.HI/c1-6-21-19(22-14-18-23-17(15-27-18)20(2,3)4)24-10-8-16(9-11-24)26-13-7-12-25-5;/h15-16H,6-14H2,1-5H3,(H,21,22);1H. The lowest BCUT2D eigenvalue weighted by Crippen LogP contribution is -2.47. The number of nitrogens with one attached hydrogen (secondary N) is 1. The van der Waals surface area contributed by atoms with Gasteiger partial charge in [-0.05, 0) is 26.2 Å². The van der Waals surface area contributed by atoms with Gasteiger partial charge in [-0.25, -0.2) is 9.98 Å². The minimum Gasteiger partial charge on any atom is -0.385 e. The molecule has 1 aromatic heterocycles. The monoisotopic (exact) mass is 524 g/mol. The maximum atomic E-state index is 5.96. The van der Waals surface area contributed by atoms with Gasteiger partial charge in [0, 0.05) is 50.8 Å². The van der Waals surface area contributed by atoms with Crippen molar-refractivity contribution in [2.24, 2.45) is 4.99 Å². The van der Waals surface area contributed by atoms with E-state index in [1.165, 1.54) is 0 Å². The van der Waals surface area contributed by atoms with Gasteiger partial charge in [-0.1, -0.05) is 20.8 Å². The van der Waals surface area contributed by atoms with E-state index in [0.29, 0.717) is 12.6 Å². The van der Waals surface area contributed by atoms with Crippen LogP contribution in [-0.2, 0) is 21.4 Å². The second-order valence-electron chi connectivity index (χ2n) is 7.95. The number of nitrogens with zero attached hydrogens (tertiary/aromatic N) is 3. The minimum absolute atomic E-state index is 0. The normalized spacial score (nSPS) is 16.2. The van der Waals surface area contributed by atoms with Crippen molar-refractivity contribution in [3.8, 4) is 0 Å². The van der Waals surface area contributed by atoms with Crippen molar-refractivity contribution in [1.82, 2.24) is 15.2 Å². The summed E-state index contributed by atoms with van der Waals surface area (Å²) >= 11 is 1.70. The zero-order valence-corrected chi connectivity index (χ0v) is 21.1. The first kappa shape index (κ1) is 25.6. The smallest absolute Gasteiger partial charge is 0.194 e. The number of methoxy groups -OCH3 is 1. The van der Waals surface area contributed by atoms with Gasteiger partial charge in [0.25, 0.3) is 0 Å². The van der Waals surface area contributed by atoms with Crippen LogP contribution in [0.25, 0.3) is 0 Å². The van der Waals surface area contributed by atoms with Crippen LogP contribution in [-0.4, -0.2) is 61.9 Å². The third kappa shape index (κ3) is 8.51. The molecular formula is C20H37IN4O2S. The molecule has 2 heterocycles. The highest BCUT2D eigenvalue weighted by Crippen LogP contribution is 2.24. The predicted octanol–water partition coefficient (Wildman–Crippen LogP) is 4.04. The number of thiazole rings is 1. The molecule has 0 aliphatic carbocycles. The van der Waals surface area contributed by atoms with E-state index in [1.54, 1.807) is 18.4 Å². The van der Waals surface area contributed by atoms with Gasteiger partial charge in [0.2, 0.25) is 0 Å². The number of hydrogen-bond acceptors (Lipinski definition) is 5. The molecule has 0 atom stereocenters. The minimum atomic E-state index is 0. The summed E-state index contributed by atoms with van der Waals surface area (Å²) in [5.74, 6) is 0.989. The third-order valence-corrected chi connectivity index (χ3v) is 5.44. The van der Waals surface area contributed by atoms with Crippen LogP contribution in [0.4, 0.5) is 0 Å². The number of aromatic nitrogens is 1. The molecule has 2 rings (SSSR count). The molecule has 1 aromatic rings. The highest BCUT2D eigenvalue weighted by atomic mass is 127. The number of rotatable bonds is 8. The van der Waals surface area contributed by atoms with Crippen LogP contribution < -0.4 is 5.32 Å². The van der Waals surface area contributed by atoms with Gasteiger partial charge in [-0.15, -0.1) is 35.3 Å². The van der Waals surface area contributed by atoms with Gasteiger partial charge >= 0.3 is 0 Å². The Bertz CT molecular complexity index is 581. The molecule has 0 amide bonds. The van der Waals surface area contributed by atoms with Crippen molar-refractivity contribution in [3.63, 3.8) is 0 Å². The van der Waals surface area contributed by atoms with Gasteiger partial charge in [0.05, 0.1) is 18.3 Å². The fourth-order valence-corrected chi connectivity index (χ4v) is 3.93. The number of ether oxygens (including phenoxy) is 2. The maximum Gasteiger partial charge on any atom is 0.194 e. The fraction of sp³-hybridized carbons (Fsp3) is 0.800. The summed E-state index contributed by atoms with van der Waals surface area (Å²) in [5, 5.41) is 6.66. The number of likely N-dealkylation sites (tertiary alicyclic amines) is 1. The molecule has 1 aliphatic heterocycles. The lowest BCUT2D eigenvalue weighted by Gasteiger charge is -2.34. The van der Waals surface area contributed by atoms with Crippen LogP contribution in [0.3, 0.4) is 0 Å². The Morgan fingerprint density at radius 2 is 2.04 bits per heavy atom. The second kappa shape index (κ2) is 13.0. The van der Waals surface area contributed by atoms with Crippen molar-refractivity contribution in [2.75, 3.05) is 40.0 Å². The number of hydrogen-bond donors (Lipinski definition) is 1. The van der Waals surface area contributed by atoms with Crippen molar-refractivity contribution in [2.45, 2.75) is 65.0 Å². The van der Waals surface area contributed by atoms with Gasteiger partial charge in [0.1, 0.15) is 5.01 Å². The average molecular weight is 525 g/mol. The number of halogens is 1. The van der Waals surface area contributed by atoms with Gasteiger partial charge < -0.3 is 19.7 Å². The number of piperidine rings is 1. The van der Waals surface area contributed by atoms with E-state index in [-0.39, 0.29) is 29.4 Å². The first-order valence-corrected chi connectivity index (χ1v) is 10.9. The Kier molecular flexibility index (Phi) is 11.9. The molecule has 6 nitrogen and oxygen atoms in total. The number of guanidine groups is 1. The van der Waals surface area contributed by atoms with Crippen molar-refractivity contribution in [3.05, 3.63) is 16.1 Å². The summed E-state index contributed by atoms with van der Waals surface area (Å²) in [6, 6.07) is 0. The topological polar surface area (TPSA) is 59.0 Å². The predicted molar refractivity (Wildman–Crippen MR) is 128 cm³/mol. The Labute approximate surface area is 191 Å². The van der Waals surface area contributed by atoms with Crippen LogP contribution in [0.5, 0.6) is 0 Å². The quantitative estimate of drug-likeness (QED) is 0.241. The third-order valence-electron chi connectivity index (χ3n) is 4.61. The van der Waals surface area contributed by atoms with Crippen molar-refractivity contribution >= 4 is 41.3 Å². The molecule has 1 saturated heterocycles. The molecule has 0 saturated carbocycles. The van der Waals surface area contributed by atoms with E-state index in [2.05, 4.69) is 43.3 Å². The molecule has 0 aromatic carbocycles. The SMILES string of the molecule is CCNC(=NCc1nc(C(C)(C)C)cs1)N1CCC(OCCCOC)CC1.I. The fourth-order valence-electron chi connectivity index (χ4n) is 2.98. The van der Waals surface area contributed by atoms with Crippen LogP contribution in [0.1, 0.15) is 57.7 Å². The van der Waals surface area contributed by atoms with Crippen LogP contribution in [0, 0.1) is 0 Å². The zero-order valence-electron chi connectivity index (χ0n) is 18.0.